The van der Waals surface area contributed by atoms with E-state index in [0.29, 0.717) is 25.0 Å². The number of anilines is 1. The molecule has 5 rings (SSSR count). The fourth-order valence-corrected chi connectivity index (χ4v) is 5.75. The van der Waals surface area contributed by atoms with E-state index in [2.05, 4.69) is 27.7 Å². The maximum atomic E-state index is 13.0. The first-order valence-electron chi connectivity index (χ1n) is 12.8. The Hall–Kier alpha value is -2.90. The topological polar surface area (TPSA) is 73.9 Å². The summed E-state index contributed by atoms with van der Waals surface area (Å²) in [7, 11) is 1.88. The van der Waals surface area contributed by atoms with Crippen LogP contribution in [0, 0.1) is 17.8 Å². The number of carbonyl (C=O) groups excluding carboxylic acids is 2. The van der Waals surface area contributed by atoms with Gasteiger partial charge in [-0.3, -0.25) is 9.59 Å². The maximum absolute atomic E-state index is 13.0. The zero-order valence-corrected chi connectivity index (χ0v) is 20.5. The molecule has 3 unspecified atom stereocenters. The van der Waals surface area contributed by atoms with Crippen LogP contribution in [0.4, 0.5) is 5.69 Å². The molecule has 3 heterocycles. The lowest BCUT2D eigenvalue weighted by atomic mass is 10.0. The van der Waals surface area contributed by atoms with Gasteiger partial charge in [-0.1, -0.05) is 30.3 Å². The first-order valence-corrected chi connectivity index (χ1v) is 12.8. The molecule has 3 aliphatic rings. The van der Waals surface area contributed by atoms with Gasteiger partial charge < -0.3 is 25.2 Å². The zero-order valence-electron chi connectivity index (χ0n) is 20.5. The fraction of sp³-hybridized carbons (Fsp3) is 0.500. The van der Waals surface area contributed by atoms with E-state index in [4.69, 9.17) is 4.74 Å². The highest BCUT2D eigenvalue weighted by Crippen LogP contribution is 2.33. The number of hydrogen-bond acceptors (Lipinski definition) is 5. The monoisotopic (exact) mass is 476 g/mol. The van der Waals surface area contributed by atoms with Crippen molar-refractivity contribution in [3.63, 3.8) is 0 Å². The lowest BCUT2D eigenvalue weighted by molar-refractivity contribution is -0.125. The van der Waals surface area contributed by atoms with Crippen molar-refractivity contribution in [3.8, 4) is 0 Å². The second kappa shape index (κ2) is 10.8. The summed E-state index contributed by atoms with van der Waals surface area (Å²) < 4.78 is 5.41. The molecule has 35 heavy (non-hydrogen) atoms. The molecule has 0 radical (unpaired) electrons. The Morgan fingerprint density at radius 2 is 1.71 bits per heavy atom. The van der Waals surface area contributed by atoms with Gasteiger partial charge in [0, 0.05) is 57.6 Å². The van der Waals surface area contributed by atoms with Crippen LogP contribution in [0.1, 0.15) is 34.8 Å². The maximum Gasteiger partial charge on any atom is 0.253 e. The first-order chi connectivity index (χ1) is 17.1. The lowest BCUT2D eigenvalue weighted by Crippen LogP contribution is -2.37. The third-order valence-electron chi connectivity index (χ3n) is 7.82. The molecule has 3 aliphatic heterocycles. The first kappa shape index (κ1) is 23.8. The fourth-order valence-electron chi connectivity index (χ4n) is 5.75. The quantitative estimate of drug-likeness (QED) is 0.613. The van der Waals surface area contributed by atoms with Crippen LogP contribution in [-0.4, -0.2) is 74.6 Å². The van der Waals surface area contributed by atoms with E-state index in [0.717, 1.165) is 62.4 Å². The predicted octanol–water partition coefficient (Wildman–Crippen LogP) is 3.02. The van der Waals surface area contributed by atoms with Crippen LogP contribution < -0.4 is 10.6 Å². The van der Waals surface area contributed by atoms with Crippen LogP contribution in [0.15, 0.2) is 54.6 Å². The number of fused-ring (bicyclic) bond motifs is 1. The Morgan fingerprint density at radius 3 is 2.34 bits per heavy atom. The number of nitrogens with one attached hydrogen (secondary N) is 2. The molecule has 2 aromatic rings. The molecule has 7 heteroatoms. The number of rotatable bonds is 8. The minimum atomic E-state index is -0.0367. The van der Waals surface area contributed by atoms with Crippen LogP contribution in [-0.2, 0) is 9.53 Å². The normalized spacial score (nSPS) is 24.8. The molecular formula is C28H36N4O3. The van der Waals surface area contributed by atoms with E-state index >= 15 is 0 Å². The summed E-state index contributed by atoms with van der Waals surface area (Å²) in [6, 6.07) is 18.0. The molecule has 2 aromatic carbocycles. The van der Waals surface area contributed by atoms with E-state index in [-0.39, 0.29) is 23.8 Å². The van der Waals surface area contributed by atoms with Gasteiger partial charge in [-0.2, -0.15) is 0 Å². The SMILES string of the molecule is CNc1ccc(C(=O)N2CC3CN(CC[C@H](NC(=O)C4CCOC4)c4ccccc4)CC3C2)cc1. The Kier molecular flexibility index (Phi) is 7.35. The molecule has 186 valence electrons. The number of amides is 2. The average Bonchev–Trinajstić information content (AvgIpc) is 3.64. The molecule has 0 spiro atoms. The standard InChI is InChI=1S/C28H36N4O3/c1-29-25-9-7-21(8-10-25)28(34)32-17-23-15-31(16-24(23)18-32)13-11-26(20-5-3-2-4-6-20)30-27(33)22-12-14-35-19-22/h2-10,22-24,26,29H,11-19H2,1H3,(H,30,33)/t22?,23?,24?,26-/m0/s1. The Morgan fingerprint density at radius 1 is 1.00 bits per heavy atom. The molecule has 3 fully saturated rings. The van der Waals surface area contributed by atoms with Crippen LogP contribution in [0.5, 0.6) is 0 Å². The van der Waals surface area contributed by atoms with E-state index in [1.807, 2.05) is 54.4 Å². The van der Waals surface area contributed by atoms with Crippen molar-refractivity contribution in [1.29, 1.82) is 0 Å². The summed E-state index contributed by atoms with van der Waals surface area (Å²) in [6.07, 6.45) is 1.68. The largest absolute Gasteiger partial charge is 0.388 e. The summed E-state index contributed by atoms with van der Waals surface area (Å²) in [6.45, 7) is 5.82. The predicted molar refractivity (Wildman–Crippen MR) is 136 cm³/mol. The van der Waals surface area contributed by atoms with Crippen LogP contribution >= 0.6 is 0 Å². The van der Waals surface area contributed by atoms with Gasteiger partial charge in [0.2, 0.25) is 5.91 Å². The van der Waals surface area contributed by atoms with Gasteiger partial charge in [-0.05, 0) is 54.5 Å². The van der Waals surface area contributed by atoms with Crippen molar-refractivity contribution in [3.05, 3.63) is 65.7 Å². The van der Waals surface area contributed by atoms with Gasteiger partial charge in [-0.15, -0.1) is 0 Å². The Balaban J connectivity index is 1.14. The van der Waals surface area contributed by atoms with Crippen molar-refractivity contribution in [2.45, 2.75) is 18.9 Å². The van der Waals surface area contributed by atoms with E-state index in [1.165, 1.54) is 0 Å². The average molecular weight is 477 g/mol. The Labute approximate surface area is 207 Å². The second-order valence-electron chi connectivity index (χ2n) is 10.1. The van der Waals surface area contributed by atoms with Gasteiger partial charge in [0.1, 0.15) is 0 Å². The van der Waals surface area contributed by atoms with Crippen LogP contribution in [0.2, 0.25) is 0 Å². The molecule has 2 amide bonds. The summed E-state index contributed by atoms with van der Waals surface area (Å²) >= 11 is 0. The number of likely N-dealkylation sites (tertiary alicyclic amines) is 2. The summed E-state index contributed by atoms with van der Waals surface area (Å²) in [4.78, 5) is 30.3. The molecular weight excluding hydrogens is 440 g/mol. The molecule has 0 saturated carbocycles. The van der Waals surface area contributed by atoms with Gasteiger partial charge in [0.05, 0.1) is 18.6 Å². The minimum absolute atomic E-state index is 0.00315. The van der Waals surface area contributed by atoms with Crippen molar-refractivity contribution >= 4 is 17.5 Å². The van der Waals surface area contributed by atoms with Gasteiger partial charge in [0.15, 0.2) is 0 Å². The van der Waals surface area contributed by atoms with Crippen molar-refractivity contribution < 1.29 is 14.3 Å². The van der Waals surface area contributed by atoms with E-state index in [9.17, 15) is 9.59 Å². The number of carbonyl (C=O) groups is 2. The number of hydrogen-bond donors (Lipinski definition) is 2. The van der Waals surface area contributed by atoms with Crippen LogP contribution in [0.25, 0.3) is 0 Å². The van der Waals surface area contributed by atoms with Crippen molar-refractivity contribution in [2.75, 3.05) is 58.3 Å². The minimum Gasteiger partial charge on any atom is -0.388 e. The third kappa shape index (κ3) is 5.52. The van der Waals surface area contributed by atoms with Crippen LogP contribution in [0.3, 0.4) is 0 Å². The van der Waals surface area contributed by atoms with E-state index in [1.54, 1.807) is 0 Å². The zero-order chi connectivity index (χ0) is 24.2. The third-order valence-corrected chi connectivity index (χ3v) is 7.82. The number of benzene rings is 2. The number of ether oxygens (including phenoxy) is 1. The molecule has 2 N–H and O–H groups in total. The van der Waals surface area contributed by atoms with E-state index < -0.39 is 0 Å². The molecule has 3 saturated heterocycles. The Bertz CT molecular complexity index is 993. The van der Waals surface area contributed by atoms with Gasteiger partial charge in [-0.25, -0.2) is 0 Å². The number of nitrogens with zero attached hydrogens (tertiary/aromatic N) is 2. The smallest absolute Gasteiger partial charge is 0.253 e. The van der Waals surface area contributed by atoms with Gasteiger partial charge in [0.25, 0.3) is 5.91 Å². The molecule has 0 bridgehead atoms. The lowest BCUT2D eigenvalue weighted by Gasteiger charge is -2.25. The molecule has 7 nitrogen and oxygen atoms in total. The molecule has 0 aliphatic carbocycles. The second-order valence-corrected chi connectivity index (χ2v) is 10.1. The van der Waals surface area contributed by atoms with Crippen molar-refractivity contribution in [2.24, 2.45) is 17.8 Å². The summed E-state index contributed by atoms with van der Waals surface area (Å²) in [5.41, 5.74) is 2.92. The molecule has 4 atom stereocenters. The molecule has 0 aromatic heterocycles. The summed E-state index contributed by atoms with van der Waals surface area (Å²) in [5.74, 6) is 1.25. The highest BCUT2D eigenvalue weighted by Gasteiger charge is 2.41. The highest BCUT2D eigenvalue weighted by molar-refractivity contribution is 5.94. The van der Waals surface area contributed by atoms with Gasteiger partial charge >= 0.3 is 0 Å². The summed E-state index contributed by atoms with van der Waals surface area (Å²) in [5, 5.41) is 6.39. The van der Waals surface area contributed by atoms with Crippen molar-refractivity contribution in [1.82, 2.24) is 15.1 Å². The highest BCUT2D eigenvalue weighted by atomic mass is 16.5.